The fourth-order valence-corrected chi connectivity index (χ4v) is 0.820. The van der Waals surface area contributed by atoms with Crippen molar-refractivity contribution < 1.29 is 14.7 Å². The first-order valence-electron chi connectivity index (χ1n) is 3.41. The molecule has 0 saturated heterocycles. The average Bonchev–Trinajstić information content (AvgIpc) is 1.86. The Morgan fingerprint density at radius 1 is 1.64 bits per heavy atom. The van der Waals surface area contributed by atoms with Gasteiger partial charge in [-0.1, -0.05) is 6.08 Å². The van der Waals surface area contributed by atoms with Crippen molar-refractivity contribution in [3.8, 4) is 0 Å². The van der Waals surface area contributed by atoms with E-state index in [9.17, 15) is 9.59 Å². The zero-order valence-corrected chi connectivity index (χ0v) is 6.54. The monoisotopic (exact) mass is 156 g/mol. The van der Waals surface area contributed by atoms with E-state index >= 15 is 0 Å². The number of carbonyl (C=O) groups excluding carboxylic acids is 1. The van der Waals surface area contributed by atoms with E-state index in [-0.39, 0.29) is 12.2 Å². The van der Waals surface area contributed by atoms with E-state index in [1.807, 2.05) is 0 Å². The van der Waals surface area contributed by atoms with Crippen molar-refractivity contribution in [2.45, 2.75) is 19.8 Å². The molecule has 1 unspecified atom stereocenters. The number of rotatable bonds is 5. The molecule has 0 bridgehead atoms. The second-order valence-corrected chi connectivity index (χ2v) is 2.47. The standard InChI is InChI=1S/C8H12O3/c1-3-4-7(8(10)11)5-6(2)9/h3,7H,1,4-5H2,2H3,(H,10,11). The fourth-order valence-electron chi connectivity index (χ4n) is 0.820. The van der Waals surface area contributed by atoms with E-state index in [2.05, 4.69) is 6.58 Å². The van der Waals surface area contributed by atoms with E-state index in [4.69, 9.17) is 5.11 Å². The van der Waals surface area contributed by atoms with Gasteiger partial charge in [0.2, 0.25) is 0 Å². The number of ketones is 1. The van der Waals surface area contributed by atoms with Crippen LogP contribution in [-0.2, 0) is 9.59 Å². The molecule has 62 valence electrons. The smallest absolute Gasteiger partial charge is 0.307 e. The Balaban J connectivity index is 3.99. The molecule has 0 heterocycles. The Morgan fingerprint density at radius 2 is 2.18 bits per heavy atom. The summed E-state index contributed by atoms with van der Waals surface area (Å²) in [6.07, 6.45) is 1.97. The first kappa shape index (κ1) is 9.88. The number of carboxylic acid groups (broad SMARTS) is 1. The lowest BCUT2D eigenvalue weighted by Crippen LogP contribution is -2.15. The second kappa shape index (κ2) is 4.66. The molecule has 0 radical (unpaired) electrons. The number of carbonyl (C=O) groups is 2. The van der Waals surface area contributed by atoms with Gasteiger partial charge in [-0.3, -0.25) is 4.79 Å². The summed E-state index contributed by atoms with van der Waals surface area (Å²) in [5.41, 5.74) is 0. The summed E-state index contributed by atoms with van der Waals surface area (Å²) in [4.78, 5) is 21.0. The maximum atomic E-state index is 10.5. The molecule has 0 aliphatic carbocycles. The first-order chi connectivity index (χ1) is 5.07. The molecule has 0 aromatic carbocycles. The van der Waals surface area contributed by atoms with Crippen LogP contribution < -0.4 is 0 Å². The van der Waals surface area contributed by atoms with Crippen molar-refractivity contribution in [3.05, 3.63) is 12.7 Å². The molecular weight excluding hydrogens is 144 g/mol. The van der Waals surface area contributed by atoms with E-state index in [1.165, 1.54) is 13.0 Å². The van der Waals surface area contributed by atoms with Crippen molar-refractivity contribution in [2.24, 2.45) is 5.92 Å². The molecule has 1 atom stereocenters. The molecular formula is C8H12O3. The summed E-state index contributed by atoms with van der Waals surface area (Å²) in [7, 11) is 0. The number of hydrogen-bond acceptors (Lipinski definition) is 2. The molecule has 11 heavy (non-hydrogen) atoms. The molecule has 0 amide bonds. The van der Waals surface area contributed by atoms with Gasteiger partial charge < -0.3 is 9.90 Å². The van der Waals surface area contributed by atoms with Crippen LogP contribution >= 0.6 is 0 Å². The van der Waals surface area contributed by atoms with Crippen LogP contribution in [0.2, 0.25) is 0 Å². The van der Waals surface area contributed by atoms with Gasteiger partial charge in [0.05, 0.1) is 5.92 Å². The normalized spacial score (nSPS) is 12.1. The van der Waals surface area contributed by atoms with Gasteiger partial charge in [-0.25, -0.2) is 0 Å². The minimum atomic E-state index is -0.930. The SMILES string of the molecule is C=CCC(CC(C)=O)C(=O)O. The van der Waals surface area contributed by atoms with Crippen LogP contribution in [0.15, 0.2) is 12.7 Å². The number of hydrogen-bond donors (Lipinski definition) is 1. The summed E-state index contributed by atoms with van der Waals surface area (Å²) in [6.45, 7) is 4.80. The van der Waals surface area contributed by atoms with Crippen LogP contribution in [-0.4, -0.2) is 16.9 Å². The highest BCUT2D eigenvalue weighted by Gasteiger charge is 2.16. The molecule has 0 rings (SSSR count). The Morgan fingerprint density at radius 3 is 2.45 bits per heavy atom. The predicted octanol–water partition coefficient (Wildman–Crippen LogP) is 1.24. The van der Waals surface area contributed by atoms with Crippen LogP contribution in [0.1, 0.15) is 19.8 Å². The van der Waals surface area contributed by atoms with E-state index in [1.54, 1.807) is 0 Å². The largest absolute Gasteiger partial charge is 0.481 e. The van der Waals surface area contributed by atoms with Crippen molar-refractivity contribution in [2.75, 3.05) is 0 Å². The van der Waals surface area contributed by atoms with Crippen molar-refractivity contribution in [1.29, 1.82) is 0 Å². The maximum absolute atomic E-state index is 10.5. The van der Waals surface area contributed by atoms with Gasteiger partial charge in [0.1, 0.15) is 5.78 Å². The Kier molecular flexibility index (Phi) is 4.18. The average molecular weight is 156 g/mol. The lowest BCUT2D eigenvalue weighted by Gasteiger charge is -2.05. The van der Waals surface area contributed by atoms with E-state index < -0.39 is 11.9 Å². The van der Waals surface area contributed by atoms with Gasteiger partial charge in [-0.2, -0.15) is 0 Å². The first-order valence-corrected chi connectivity index (χ1v) is 3.41. The van der Waals surface area contributed by atoms with Gasteiger partial charge in [0, 0.05) is 6.42 Å². The number of carboxylic acids is 1. The molecule has 0 fully saturated rings. The van der Waals surface area contributed by atoms with E-state index in [0.717, 1.165) is 0 Å². The zero-order valence-electron chi connectivity index (χ0n) is 6.54. The minimum absolute atomic E-state index is 0.0979. The third-order valence-electron chi connectivity index (χ3n) is 1.33. The summed E-state index contributed by atoms with van der Waals surface area (Å²) in [5, 5.41) is 8.55. The number of aliphatic carboxylic acids is 1. The Hall–Kier alpha value is -1.12. The third kappa shape index (κ3) is 4.31. The number of Topliss-reactive ketones (excluding diaryl/α,β-unsaturated/α-hetero) is 1. The minimum Gasteiger partial charge on any atom is -0.481 e. The molecule has 1 N–H and O–H groups in total. The van der Waals surface area contributed by atoms with Gasteiger partial charge in [-0.05, 0) is 13.3 Å². The molecule has 0 aliphatic rings. The third-order valence-corrected chi connectivity index (χ3v) is 1.33. The molecule has 3 nitrogen and oxygen atoms in total. The van der Waals surface area contributed by atoms with Crippen LogP contribution in [0.25, 0.3) is 0 Å². The van der Waals surface area contributed by atoms with E-state index in [0.29, 0.717) is 6.42 Å². The summed E-state index contributed by atoms with van der Waals surface area (Å²) in [6, 6.07) is 0. The molecule has 0 aliphatic heterocycles. The molecule has 0 spiro atoms. The van der Waals surface area contributed by atoms with Gasteiger partial charge >= 0.3 is 5.97 Å². The van der Waals surface area contributed by atoms with Crippen LogP contribution in [0.5, 0.6) is 0 Å². The van der Waals surface area contributed by atoms with Crippen molar-refractivity contribution >= 4 is 11.8 Å². The van der Waals surface area contributed by atoms with Crippen LogP contribution in [0, 0.1) is 5.92 Å². The maximum Gasteiger partial charge on any atom is 0.307 e. The van der Waals surface area contributed by atoms with Crippen molar-refractivity contribution in [1.82, 2.24) is 0 Å². The lowest BCUT2D eigenvalue weighted by molar-refractivity contribution is -0.143. The highest BCUT2D eigenvalue weighted by atomic mass is 16.4. The fraction of sp³-hybridized carbons (Fsp3) is 0.500. The molecule has 3 heteroatoms. The van der Waals surface area contributed by atoms with Crippen LogP contribution in [0.4, 0.5) is 0 Å². The molecule has 0 saturated carbocycles. The Labute approximate surface area is 65.7 Å². The number of allylic oxidation sites excluding steroid dienone is 1. The quantitative estimate of drug-likeness (QED) is 0.609. The highest BCUT2D eigenvalue weighted by Crippen LogP contribution is 2.09. The lowest BCUT2D eigenvalue weighted by atomic mass is 10.00. The molecule has 0 aromatic rings. The van der Waals surface area contributed by atoms with Crippen molar-refractivity contribution in [3.63, 3.8) is 0 Å². The van der Waals surface area contributed by atoms with Crippen LogP contribution in [0.3, 0.4) is 0 Å². The predicted molar refractivity (Wildman–Crippen MR) is 41.2 cm³/mol. The summed E-state index contributed by atoms with van der Waals surface area (Å²) >= 11 is 0. The zero-order chi connectivity index (χ0) is 8.85. The summed E-state index contributed by atoms with van der Waals surface area (Å²) < 4.78 is 0. The summed E-state index contributed by atoms with van der Waals surface area (Å²) in [5.74, 6) is -1.62. The highest BCUT2D eigenvalue weighted by molar-refractivity contribution is 5.82. The Bertz CT molecular complexity index is 172. The second-order valence-electron chi connectivity index (χ2n) is 2.47. The van der Waals surface area contributed by atoms with Gasteiger partial charge in [0.25, 0.3) is 0 Å². The van der Waals surface area contributed by atoms with Gasteiger partial charge in [-0.15, -0.1) is 6.58 Å². The topological polar surface area (TPSA) is 54.4 Å². The molecule has 0 aromatic heterocycles. The van der Waals surface area contributed by atoms with Gasteiger partial charge in [0.15, 0.2) is 0 Å².